The molecule has 84 valence electrons. The number of aromatic nitrogens is 1. The molecular weight excluding hydrogens is 214 g/mol. The van der Waals surface area contributed by atoms with Gasteiger partial charge in [-0.05, 0) is 0 Å². The Hall–Kier alpha value is -0.980. The van der Waals surface area contributed by atoms with Gasteiger partial charge in [0.15, 0.2) is 0 Å². The maximum atomic E-state index is 11.7. The molecule has 5 nitrogen and oxygen atoms in total. The highest BCUT2D eigenvalue weighted by molar-refractivity contribution is 7.07. The molecule has 0 saturated carbocycles. The van der Waals surface area contributed by atoms with Crippen molar-refractivity contribution in [1.29, 1.82) is 0 Å². The fourth-order valence-electron chi connectivity index (χ4n) is 1.18. The van der Waals surface area contributed by atoms with Crippen LogP contribution in [0.2, 0.25) is 0 Å². The maximum absolute atomic E-state index is 11.7. The molecule has 15 heavy (non-hydrogen) atoms. The molecule has 1 atom stereocenters. The van der Waals surface area contributed by atoms with Gasteiger partial charge in [0.1, 0.15) is 6.10 Å². The van der Waals surface area contributed by atoms with Crippen LogP contribution in [0.4, 0.5) is 0 Å². The first kappa shape index (κ1) is 12.1. The molecule has 0 aromatic carbocycles. The van der Waals surface area contributed by atoms with Crippen molar-refractivity contribution in [3.05, 3.63) is 16.6 Å². The predicted octanol–water partition coefficient (Wildman–Crippen LogP) is 0.0752. The smallest absolute Gasteiger partial charge is 0.253 e. The Morgan fingerprint density at radius 2 is 2.53 bits per heavy atom. The van der Waals surface area contributed by atoms with Gasteiger partial charge in [0.25, 0.3) is 5.91 Å². The largest absolute Gasteiger partial charge is 0.370 e. The number of carbonyl (C=O) groups is 1. The van der Waals surface area contributed by atoms with Crippen LogP contribution in [0.5, 0.6) is 0 Å². The minimum atomic E-state index is -0.561. The van der Waals surface area contributed by atoms with Gasteiger partial charge < -0.3 is 15.4 Å². The lowest BCUT2D eigenvalue weighted by Gasteiger charge is -2.20. The first-order chi connectivity index (χ1) is 7.19. The first-order valence-electron chi connectivity index (χ1n) is 4.54. The topological polar surface area (TPSA) is 68.5 Å². The van der Waals surface area contributed by atoms with Crippen LogP contribution in [-0.4, -0.2) is 42.6 Å². The number of thiazole rings is 1. The number of nitrogens with two attached hydrogens (primary N) is 1. The number of amides is 1. The van der Waals surface area contributed by atoms with Crippen LogP contribution < -0.4 is 5.73 Å². The zero-order valence-corrected chi connectivity index (χ0v) is 9.66. The van der Waals surface area contributed by atoms with Crippen molar-refractivity contribution in [3.63, 3.8) is 0 Å². The molecule has 0 saturated heterocycles. The third-order valence-corrected chi connectivity index (χ3v) is 2.67. The van der Waals surface area contributed by atoms with Crippen LogP contribution in [0.15, 0.2) is 10.9 Å². The van der Waals surface area contributed by atoms with E-state index in [9.17, 15) is 4.79 Å². The Balaban J connectivity index is 2.53. The molecule has 1 amide bonds. The van der Waals surface area contributed by atoms with Crippen molar-refractivity contribution < 1.29 is 9.53 Å². The molecule has 1 unspecified atom stereocenters. The van der Waals surface area contributed by atoms with E-state index in [4.69, 9.17) is 10.5 Å². The van der Waals surface area contributed by atoms with Gasteiger partial charge in [-0.3, -0.25) is 4.79 Å². The van der Waals surface area contributed by atoms with Gasteiger partial charge in [-0.2, -0.15) is 0 Å². The molecule has 0 bridgehead atoms. The number of carbonyl (C=O) groups excluding carboxylic acids is 1. The van der Waals surface area contributed by atoms with Crippen molar-refractivity contribution in [1.82, 2.24) is 9.88 Å². The van der Waals surface area contributed by atoms with Crippen LogP contribution in [0.25, 0.3) is 0 Å². The standard InChI is InChI=1S/C9H15N3O2S/c1-12(4-7-5-15-6-11-7)9(13)8(3-10)14-2/h5-6,8H,3-4,10H2,1-2H3. The summed E-state index contributed by atoms with van der Waals surface area (Å²) >= 11 is 1.51. The van der Waals surface area contributed by atoms with E-state index in [2.05, 4.69) is 4.98 Å². The molecule has 1 aromatic heterocycles. The number of methoxy groups -OCH3 is 1. The van der Waals surface area contributed by atoms with E-state index in [1.807, 2.05) is 5.38 Å². The fraction of sp³-hybridized carbons (Fsp3) is 0.556. The lowest BCUT2D eigenvalue weighted by atomic mass is 10.3. The van der Waals surface area contributed by atoms with Gasteiger partial charge in [-0.25, -0.2) is 4.98 Å². The van der Waals surface area contributed by atoms with Crippen molar-refractivity contribution in [2.75, 3.05) is 20.7 Å². The summed E-state index contributed by atoms with van der Waals surface area (Å²) in [5, 5.41) is 1.91. The summed E-state index contributed by atoms with van der Waals surface area (Å²) in [4.78, 5) is 17.4. The molecule has 1 aromatic rings. The lowest BCUT2D eigenvalue weighted by molar-refractivity contribution is -0.140. The molecule has 2 N–H and O–H groups in total. The maximum Gasteiger partial charge on any atom is 0.253 e. The van der Waals surface area contributed by atoms with Gasteiger partial charge in [0.2, 0.25) is 0 Å². The molecular formula is C9H15N3O2S. The van der Waals surface area contributed by atoms with E-state index in [0.717, 1.165) is 5.69 Å². The predicted molar refractivity (Wildman–Crippen MR) is 58.4 cm³/mol. The number of hydrogen-bond acceptors (Lipinski definition) is 5. The zero-order valence-electron chi connectivity index (χ0n) is 8.84. The van der Waals surface area contributed by atoms with Crippen LogP contribution in [0, 0.1) is 0 Å². The van der Waals surface area contributed by atoms with Crippen molar-refractivity contribution in [2.24, 2.45) is 5.73 Å². The van der Waals surface area contributed by atoms with Gasteiger partial charge in [-0.15, -0.1) is 11.3 Å². The van der Waals surface area contributed by atoms with Gasteiger partial charge >= 0.3 is 0 Å². The van der Waals surface area contributed by atoms with E-state index >= 15 is 0 Å². The highest BCUT2D eigenvalue weighted by Gasteiger charge is 2.20. The van der Waals surface area contributed by atoms with Gasteiger partial charge in [-0.1, -0.05) is 0 Å². The SMILES string of the molecule is COC(CN)C(=O)N(C)Cc1cscn1. The van der Waals surface area contributed by atoms with Crippen molar-refractivity contribution in [2.45, 2.75) is 12.6 Å². The second-order valence-electron chi connectivity index (χ2n) is 3.13. The van der Waals surface area contributed by atoms with E-state index in [0.29, 0.717) is 6.54 Å². The summed E-state index contributed by atoms with van der Waals surface area (Å²) in [5.41, 5.74) is 8.03. The summed E-state index contributed by atoms with van der Waals surface area (Å²) in [5.74, 6) is -0.118. The molecule has 0 fully saturated rings. The van der Waals surface area contributed by atoms with Crippen LogP contribution in [0.3, 0.4) is 0 Å². The van der Waals surface area contributed by atoms with Crippen molar-refractivity contribution in [3.8, 4) is 0 Å². The molecule has 6 heteroatoms. The third kappa shape index (κ3) is 3.26. The second kappa shape index (κ2) is 5.79. The number of likely N-dealkylation sites (N-methyl/N-ethyl adjacent to an activating group) is 1. The Kier molecular flexibility index (Phi) is 4.67. The zero-order chi connectivity index (χ0) is 11.3. The summed E-state index contributed by atoms with van der Waals surface area (Å²) in [6.45, 7) is 0.679. The Bertz CT molecular complexity index is 298. The molecule has 0 aliphatic rings. The van der Waals surface area contributed by atoms with E-state index in [1.54, 1.807) is 17.5 Å². The molecule has 0 aliphatic carbocycles. The average Bonchev–Trinajstić information content (AvgIpc) is 2.72. The molecule has 0 spiro atoms. The average molecular weight is 229 g/mol. The highest BCUT2D eigenvalue weighted by Crippen LogP contribution is 2.05. The number of ether oxygens (including phenoxy) is 1. The molecule has 0 radical (unpaired) electrons. The quantitative estimate of drug-likeness (QED) is 0.776. The van der Waals surface area contributed by atoms with E-state index in [-0.39, 0.29) is 12.5 Å². The summed E-state index contributed by atoms with van der Waals surface area (Å²) in [7, 11) is 3.19. The number of nitrogens with zero attached hydrogens (tertiary/aromatic N) is 2. The van der Waals surface area contributed by atoms with E-state index in [1.165, 1.54) is 18.4 Å². The van der Waals surface area contributed by atoms with Crippen LogP contribution in [0.1, 0.15) is 5.69 Å². The van der Waals surface area contributed by atoms with Gasteiger partial charge in [0.05, 0.1) is 17.7 Å². The van der Waals surface area contributed by atoms with Crippen molar-refractivity contribution >= 4 is 17.2 Å². The minimum Gasteiger partial charge on any atom is -0.370 e. The Morgan fingerprint density at radius 1 is 1.80 bits per heavy atom. The fourth-order valence-corrected chi connectivity index (χ4v) is 1.73. The number of rotatable bonds is 5. The lowest BCUT2D eigenvalue weighted by Crippen LogP contribution is -2.41. The molecule has 1 rings (SSSR count). The Labute approximate surface area is 92.9 Å². The number of hydrogen-bond donors (Lipinski definition) is 1. The third-order valence-electron chi connectivity index (χ3n) is 2.03. The molecule has 0 aliphatic heterocycles. The summed E-state index contributed by atoms with van der Waals surface area (Å²) < 4.78 is 4.97. The van der Waals surface area contributed by atoms with E-state index < -0.39 is 6.10 Å². The van der Waals surface area contributed by atoms with Gasteiger partial charge in [0, 0.05) is 26.1 Å². The molecule has 1 heterocycles. The minimum absolute atomic E-state index is 0.118. The van der Waals surface area contributed by atoms with Crippen LogP contribution >= 0.6 is 11.3 Å². The normalized spacial score (nSPS) is 12.5. The second-order valence-corrected chi connectivity index (χ2v) is 3.85. The monoisotopic (exact) mass is 229 g/mol. The summed E-state index contributed by atoms with van der Waals surface area (Å²) in [6, 6.07) is 0. The summed E-state index contributed by atoms with van der Waals surface area (Å²) in [6.07, 6.45) is -0.561. The van der Waals surface area contributed by atoms with Crippen LogP contribution in [-0.2, 0) is 16.1 Å². The first-order valence-corrected chi connectivity index (χ1v) is 5.48. The highest BCUT2D eigenvalue weighted by atomic mass is 32.1. The Morgan fingerprint density at radius 3 is 3.00 bits per heavy atom.